The summed E-state index contributed by atoms with van der Waals surface area (Å²) in [5.74, 6) is -1.12. The average molecular weight is 243 g/mol. The van der Waals surface area contributed by atoms with E-state index in [0.29, 0.717) is 18.6 Å². The Balaban J connectivity index is 2.69. The molecule has 96 valence electrons. The smallest absolute Gasteiger partial charge is 0.129 e. The molecular formula is C13H19F2NO. The van der Waals surface area contributed by atoms with E-state index >= 15 is 0 Å². The molecule has 0 heterocycles. The van der Waals surface area contributed by atoms with Crippen LogP contribution in [-0.2, 0) is 11.2 Å². The van der Waals surface area contributed by atoms with Crippen LogP contribution in [0.5, 0.6) is 0 Å². The van der Waals surface area contributed by atoms with Crippen molar-refractivity contribution in [3.8, 4) is 0 Å². The van der Waals surface area contributed by atoms with Gasteiger partial charge in [0.1, 0.15) is 11.6 Å². The van der Waals surface area contributed by atoms with Crippen LogP contribution in [0.4, 0.5) is 8.78 Å². The largest absolute Gasteiger partial charge is 0.377 e. The molecule has 1 aromatic carbocycles. The normalized spacial score (nSPS) is 14.6. The number of nitrogens with two attached hydrogens (primary N) is 1. The fraction of sp³-hybridized carbons (Fsp3) is 0.538. The molecule has 0 radical (unpaired) electrons. The van der Waals surface area contributed by atoms with Gasteiger partial charge >= 0.3 is 0 Å². The number of hydrogen-bond acceptors (Lipinski definition) is 2. The lowest BCUT2D eigenvalue weighted by Crippen LogP contribution is -2.38. The van der Waals surface area contributed by atoms with Crippen molar-refractivity contribution in [3.63, 3.8) is 0 Å². The highest BCUT2D eigenvalue weighted by Crippen LogP contribution is 2.14. The maximum atomic E-state index is 13.4. The van der Waals surface area contributed by atoms with Crippen molar-refractivity contribution in [1.29, 1.82) is 0 Å². The molecule has 0 bridgehead atoms. The molecule has 0 aromatic heterocycles. The molecule has 0 aliphatic heterocycles. The summed E-state index contributed by atoms with van der Waals surface area (Å²) in [4.78, 5) is 0. The lowest BCUT2D eigenvalue weighted by atomic mass is 10.00. The summed E-state index contributed by atoms with van der Waals surface area (Å²) in [6.07, 6.45) is 1.03. The molecule has 0 spiro atoms. The van der Waals surface area contributed by atoms with Gasteiger partial charge in [-0.3, -0.25) is 0 Å². The average Bonchev–Trinajstić information content (AvgIpc) is 2.29. The molecule has 4 heteroatoms. The Morgan fingerprint density at radius 1 is 1.29 bits per heavy atom. The van der Waals surface area contributed by atoms with E-state index in [9.17, 15) is 8.78 Å². The van der Waals surface area contributed by atoms with E-state index in [4.69, 9.17) is 10.5 Å². The van der Waals surface area contributed by atoms with Crippen molar-refractivity contribution in [2.24, 2.45) is 5.73 Å². The number of rotatable bonds is 6. The van der Waals surface area contributed by atoms with E-state index < -0.39 is 11.6 Å². The maximum absolute atomic E-state index is 13.4. The summed E-state index contributed by atoms with van der Waals surface area (Å²) in [6, 6.07) is 3.28. The zero-order valence-electron chi connectivity index (χ0n) is 10.2. The third-order valence-electron chi connectivity index (χ3n) is 2.73. The molecule has 2 unspecified atom stereocenters. The molecule has 1 rings (SSSR count). The second kappa shape index (κ2) is 6.67. The van der Waals surface area contributed by atoms with Gasteiger partial charge in [0.2, 0.25) is 0 Å². The molecule has 1 aromatic rings. The minimum atomic E-state index is -0.573. The van der Waals surface area contributed by atoms with Crippen LogP contribution in [0, 0.1) is 11.6 Å². The van der Waals surface area contributed by atoms with Crippen molar-refractivity contribution >= 4 is 0 Å². The first kappa shape index (κ1) is 14.1. The molecule has 0 fully saturated rings. The van der Waals surface area contributed by atoms with Crippen molar-refractivity contribution in [1.82, 2.24) is 0 Å². The van der Waals surface area contributed by atoms with Gasteiger partial charge in [-0.15, -0.1) is 0 Å². The van der Waals surface area contributed by atoms with Crippen molar-refractivity contribution in [3.05, 3.63) is 35.4 Å². The minimum Gasteiger partial charge on any atom is -0.377 e. The minimum absolute atomic E-state index is 0.0931. The topological polar surface area (TPSA) is 35.2 Å². The second-order valence-corrected chi connectivity index (χ2v) is 4.01. The Hall–Kier alpha value is -1.00. The molecule has 0 saturated carbocycles. The summed E-state index contributed by atoms with van der Waals surface area (Å²) >= 11 is 0. The Kier molecular flexibility index (Phi) is 5.51. The van der Waals surface area contributed by atoms with E-state index in [2.05, 4.69) is 0 Å². The highest BCUT2D eigenvalue weighted by Gasteiger charge is 2.18. The van der Waals surface area contributed by atoms with Gasteiger partial charge in [0.15, 0.2) is 0 Å². The van der Waals surface area contributed by atoms with E-state index in [1.165, 1.54) is 12.1 Å². The fourth-order valence-corrected chi connectivity index (χ4v) is 1.83. The number of halogens is 2. The molecule has 0 saturated heterocycles. The molecule has 17 heavy (non-hydrogen) atoms. The van der Waals surface area contributed by atoms with Crippen LogP contribution < -0.4 is 5.73 Å². The zero-order chi connectivity index (χ0) is 12.8. The molecule has 0 aliphatic rings. The Bertz CT molecular complexity index is 357. The van der Waals surface area contributed by atoms with Crippen molar-refractivity contribution in [2.45, 2.75) is 38.8 Å². The van der Waals surface area contributed by atoms with Crippen molar-refractivity contribution < 1.29 is 13.5 Å². The summed E-state index contributed by atoms with van der Waals surface area (Å²) < 4.78 is 31.6. The van der Waals surface area contributed by atoms with Gasteiger partial charge in [-0.25, -0.2) is 8.78 Å². The summed E-state index contributed by atoms with van der Waals surface area (Å²) in [6.45, 7) is 4.45. The monoisotopic (exact) mass is 243 g/mol. The molecule has 2 N–H and O–H groups in total. The maximum Gasteiger partial charge on any atom is 0.129 e. The van der Waals surface area contributed by atoms with Gasteiger partial charge in [0, 0.05) is 18.7 Å². The van der Waals surface area contributed by atoms with Crippen LogP contribution >= 0.6 is 0 Å². The van der Waals surface area contributed by atoms with Gasteiger partial charge in [0.25, 0.3) is 0 Å². The van der Waals surface area contributed by atoms with E-state index in [1.807, 2.05) is 13.8 Å². The van der Waals surface area contributed by atoms with Gasteiger partial charge in [0.05, 0.1) is 6.10 Å². The first-order valence-corrected chi connectivity index (χ1v) is 5.89. The van der Waals surface area contributed by atoms with Gasteiger partial charge in [-0.1, -0.05) is 13.0 Å². The van der Waals surface area contributed by atoms with E-state index in [-0.39, 0.29) is 12.1 Å². The molecular weight excluding hydrogens is 224 g/mol. The molecule has 2 nitrogen and oxygen atoms in total. The van der Waals surface area contributed by atoms with Gasteiger partial charge in [-0.05, 0) is 31.4 Å². The Morgan fingerprint density at radius 2 is 2.00 bits per heavy atom. The quantitative estimate of drug-likeness (QED) is 0.833. The number of ether oxygens (including phenoxy) is 1. The standard InChI is InChI=1S/C13H19F2NO/c1-3-13(17-4-2)12(16)7-9-5-6-10(14)8-11(9)15/h5-6,8,12-13H,3-4,7,16H2,1-2H3. The number of benzene rings is 1. The first-order chi connectivity index (χ1) is 8.08. The molecule has 2 atom stereocenters. The molecule has 0 amide bonds. The highest BCUT2D eigenvalue weighted by molar-refractivity contribution is 5.19. The Labute approximate surface area is 101 Å². The highest BCUT2D eigenvalue weighted by atomic mass is 19.1. The summed E-state index contributed by atoms with van der Waals surface area (Å²) in [5, 5.41) is 0. The third kappa shape index (κ3) is 4.06. The lowest BCUT2D eigenvalue weighted by Gasteiger charge is -2.22. The van der Waals surface area contributed by atoms with Crippen LogP contribution in [0.25, 0.3) is 0 Å². The zero-order valence-corrected chi connectivity index (χ0v) is 10.2. The van der Waals surface area contributed by atoms with E-state index in [1.54, 1.807) is 0 Å². The van der Waals surface area contributed by atoms with Crippen LogP contribution in [0.1, 0.15) is 25.8 Å². The van der Waals surface area contributed by atoms with Crippen LogP contribution in [0.15, 0.2) is 18.2 Å². The second-order valence-electron chi connectivity index (χ2n) is 4.01. The SMILES string of the molecule is CCOC(CC)C(N)Cc1ccc(F)cc1F. The summed E-state index contributed by atoms with van der Waals surface area (Å²) in [5.41, 5.74) is 6.40. The summed E-state index contributed by atoms with van der Waals surface area (Å²) in [7, 11) is 0. The lowest BCUT2D eigenvalue weighted by molar-refractivity contribution is 0.0415. The van der Waals surface area contributed by atoms with Crippen LogP contribution in [0.3, 0.4) is 0 Å². The predicted molar refractivity (Wildman–Crippen MR) is 63.7 cm³/mol. The van der Waals surface area contributed by atoms with E-state index in [0.717, 1.165) is 12.5 Å². The van der Waals surface area contributed by atoms with Crippen molar-refractivity contribution in [2.75, 3.05) is 6.61 Å². The fourth-order valence-electron chi connectivity index (χ4n) is 1.83. The number of hydrogen-bond donors (Lipinski definition) is 1. The van der Waals surface area contributed by atoms with Gasteiger partial charge in [-0.2, -0.15) is 0 Å². The van der Waals surface area contributed by atoms with Crippen LogP contribution in [-0.4, -0.2) is 18.8 Å². The van der Waals surface area contributed by atoms with Gasteiger partial charge < -0.3 is 10.5 Å². The first-order valence-electron chi connectivity index (χ1n) is 5.89. The molecule has 0 aliphatic carbocycles. The Morgan fingerprint density at radius 3 is 2.53 bits per heavy atom. The third-order valence-corrected chi connectivity index (χ3v) is 2.73. The van der Waals surface area contributed by atoms with Crippen LogP contribution in [0.2, 0.25) is 0 Å². The predicted octanol–water partition coefficient (Wildman–Crippen LogP) is 2.65.